The van der Waals surface area contributed by atoms with Crippen LogP contribution in [-0.4, -0.2) is 43.8 Å². The minimum Gasteiger partial charge on any atom is -0.457 e. The number of para-hydroxylation sites is 1. The zero-order chi connectivity index (χ0) is 36.4. The number of rotatable bonds is 15. The van der Waals surface area contributed by atoms with E-state index in [1.165, 1.54) is 17.0 Å². The van der Waals surface area contributed by atoms with Gasteiger partial charge in [-0.15, -0.1) is 0 Å². The SMILES string of the molecule is CCC(C)NC(=O)C(Cc1ccccc1)N(Cc1ccccc1Cl)C(=O)CN(c1ccc(Oc2ccccc2)cc1)S(=O)(=O)c1ccc(C)cc1. The summed E-state index contributed by atoms with van der Waals surface area (Å²) < 4.78 is 35.8. The molecule has 0 heterocycles. The van der Waals surface area contributed by atoms with E-state index in [0.717, 1.165) is 15.4 Å². The van der Waals surface area contributed by atoms with E-state index in [1.54, 1.807) is 54.6 Å². The maximum absolute atomic E-state index is 14.7. The van der Waals surface area contributed by atoms with Gasteiger partial charge in [0.15, 0.2) is 0 Å². The number of carbonyl (C=O) groups excluding carboxylic acids is 2. The van der Waals surface area contributed by atoms with Gasteiger partial charge in [0.1, 0.15) is 24.1 Å². The van der Waals surface area contributed by atoms with Crippen molar-refractivity contribution in [3.8, 4) is 11.5 Å². The molecule has 8 nitrogen and oxygen atoms in total. The van der Waals surface area contributed by atoms with Crippen LogP contribution in [0.3, 0.4) is 0 Å². The van der Waals surface area contributed by atoms with Crippen LogP contribution in [0.2, 0.25) is 5.02 Å². The molecule has 0 fully saturated rings. The highest BCUT2D eigenvalue weighted by Gasteiger charge is 2.35. The molecular formula is C41H42ClN3O5S. The first-order valence-corrected chi connectivity index (χ1v) is 18.7. The predicted octanol–water partition coefficient (Wildman–Crippen LogP) is 8.19. The topological polar surface area (TPSA) is 96.0 Å². The van der Waals surface area contributed by atoms with Crippen LogP contribution < -0.4 is 14.4 Å². The lowest BCUT2D eigenvalue weighted by atomic mass is 10.0. The van der Waals surface area contributed by atoms with E-state index >= 15 is 0 Å². The van der Waals surface area contributed by atoms with Gasteiger partial charge in [-0.3, -0.25) is 13.9 Å². The van der Waals surface area contributed by atoms with E-state index in [1.807, 2.05) is 87.5 Å². The molecule has 0 aliphatic carbocycles. The lowest BCUT2D eigenvalue weighted by Crippen LogP contribution is -2.54. The summed E-state index contributed by atoms with van der Waals surface area (Å²) in [7, 11) is -4.26. The molecule has 5 aromatic carbocycles. The Kier molecular flexibility index (Phi) is 12.5. The lowest BCUT2D eigenvalue weighted by Gasteiger charge is -2.34. The van der Waals surface area contributed by atoms with Crippen LogP contribution in [0.5, 0.6) is 11.5 Å². The average molecular weight is 724 g/mol. The fourth-order valence-electron chi connectivity index (χ4n) is 5.48. The van der Waals surface area contributed by atoms with Crippen LogP contribution in [0, 0.1) is 6.92 Å². The molecule has 2 atom stereocenters. The molecule has 1 N–H and O–H groups in total. The van der Waals surface area contributed by atoms with Gasteiger partial charge >= 0.3 is 0 Å². The number of hydrogen-bond donors (Lipinski definition) is 1. The molecule has 0 aromatic heterocycles. The predicted molar refractivity (Wildman–Crippen MR) is 203 cm³/mol. The molecule has 10 heteroatoms. The molecule has 264 valence electrons. The Bertz CT molecular complexity index is 2010. The Morgan fingerprint density at radius 3 is 2.00 bits per heavy atom. The van der Waals surface area contributed by atoms with Crippen LogP contribution in [-0.2, 0) is 32.6 Å². The number of amides is 2. The van der Waals surface area contributed by atoms with Crippen molar-refractivity contribution in [2.24, 2.45) is 0 Å². The van der Waals surface area contributed by atoms with Crippen LogP contribution >= 0.6 is 11.6 Å². The Labute approximate surface area is 305 Å². The van der Waals surface area contributed by atoms with Gasteiger partial charge in [0.25, 0.3) is 10.0 Å². The van der Waals surface area contributed by atoms with Crippen molar-refractivity contribution in [3.63, 3.8) is 0 Å². The van der Waals surface area contributed by atoms with Gasteiger partial charge in [0.2, 0.25) is 11.8 Å². The Morgan fingerprint density at radius 2 is 1.37 bits per heavy atom. The Hall–Kier alpha value is -5.12. The first-order valence-electron chi connectivity index (χ1n) is 16.8. The third-order valence-corrected chi connectivity index (χ3v) is 10.7. The van der Waals surface area contributed by atoms with Crippen molar-refractivity contribution >= 4 is 39.1 Å². The zero-order valence-electron chi connectivity index (χ0n) is 28.9. The van der Waals surface area contributed by atoms with Crippen molar-refractivity contribution in [2.45, 2.75) is 57.1 Å². The highest BCUT2D eigenvalue weighted by atomic mass is 35.5. The van der Waals surface area contributed by atoms with E-state index in [9.17, 15) is 18.0 Å². The molecule has 0 saturated carbocycles. The van der Waals surface area contributed by atoms with Gasteiger partial charge < -0.3 is 15.0 Å². The van der Waals surface area contributed by atoms with E-state index < -0.39 is 28.5 Å². The Morgan fingerprint density at radius 1 is 0.784 bits per heavy atom. The summed E-state index contributed by atoms with van der Waals surface area (Å²) in [6.45, 7) is 5.13. The summed E-state index contributed by atoms with van der Waals surface area (Å²) in [4.78, 5) is 30.3. The summed E-state index contributed by atoms with van der Waals surface area (Å²) in [5, 5.41) is 3.47. The number of sulfonamides is 1. The molecule has 2 amide bonds. The molecule has 0 spiro atoms. The van der Waals surface area contributed by atoms with Gasteiger partial charge in [-0.25, -0.2) is 8.42 Å². The Balaban J connectivity index is 1.57. The van der Waals surface area contributed by atoms with Crippen molar-refractivity contribution in [2.75, 3.05) is 10.8 Å². The molecule has 5 aromatic rings. The molecule has 2 unspecified atom stereocenters. The number of aryl methyl sites for hydroxylation is 1. The highest BCUT2D eigenvalue weighted by Crippen LogP contribution is 2.29. The highest BCUT2D eigenvalue weighted by molar-refractivity contribution is 7.92. The number of nitrogens with one attached hydrogen (secondary N) is 1. The van der Waals surface area contributed by atoms with Gasteiger partial charge in [0, 0.05) is 24.0 Å². The normalized spacial score (nSPS) is 12.4. The number of ether oxygens (including phenoxy) is 1. The molecule has 0 aliphatic rings. The molecule has 0 aliphatic heterocycles. The second kappa shape index (κ2) is 17.2. The maximum atomic E-state index is 14.7. The van der Waals surface area contributed by atoms with Gasteiger partial charge in [-0.05, 0) is 86.0 Å². The number of carbonyl (C=O) groups is 2. The fraction of sp³-hybridized carbons (Fsp3) is 0.220. The second-order valence-electron chi connectivity index (χ2n) is 12.4. The lowest BCUT2D eigenvalue weighted by molar-refractivity contribution is -0.140. The van der Waals surface area contributed by atoms with Crippen molar-refractivity contribution in [1.82, 2.24) is 10.2 Å². The molecular weight excluding hydrogens is 682 g/mol. The molecule has 0 saturated heterocycles. The summed E-state index contributed by atoms with van der Waals surface area (Å²) in [6.07, 6.45) is 0.893. The zero-order valence-corrected chi connectivity index (χ0v) is 30.5. The minimum absolute atomic E-state index is 0.0216. The van der Waals surface area contributed by atoms with Crippen molar-refractivity contribution < 1.29 is 22.7 Å². The van der Waals surface area contributed by atoms with Crippen LogP contribution in [0.1, 0.15) is 37.0 Å². The van der Waals surface area contributed by atoms with E-state index in [0.29, 0.717) is 28.5 Å². The number of nitrogens with zero attached hydrogens (tertiary/aromatic N) is 2. The third kappa shape index (κ3) is 9.78. The molecule has 5 rings (SSSR count). The smallest absolute Gasteiger partial charge is 0.264 e. The van der Waals surface area contributed by atoms with Gasteiger partial charge in [-0.2, -0.15) is 0 Å². The quantitative estimate of drug-likeness (QED) is 0.118. The van der Waals surface area contributed by atoms with Crippen LogP contribution in [0.25, 0.3) is 0 Å². The van der Waals surface area contributed by atoms with Crippen molar-refractivity contribution in [3.05, 3.63) is 155 Å². The number of halogens is 1. The van der Waals surface area contributed by atoms with Gasteiger partial charge in [0.05, 0.1) is 10.6 Å². The summed E-state index contributed by atoms with van der Waals surface area (Å²) in [6, 6.07) is 37.6. The molecule has 0 bridgehead atoms. The number of anilines is 1. The first kappa shape index (κ1) is 37.1. The maximum Gasteiger partial charge on any atom is 0.264 e. The van der Waals surface area contributed by atoms with Crippen LogP contribution in [0.15, 0.2) is 138 Å². The monoisotopic (exact) mass is 723 g/mol. The largest absolute Gasteiger partial charge is 0.457 e. The molecule has 0 radical (unpaired) electrons. The number of hydrogen-bond acceptors (Lipinski definition) is 5. The van der Waals surface area contributed by atoms with Gasteiger partial charge in [-0.1, -0.05) is 103 Å². The average Bonchev–Trinajstić information content (AvgIpc) is 3.14. The van der Waals surface area contributed by atoms with Crippen LogP contribution in [0.4, 0.5) is 5.69 Å². The van der Waals surface area contributed by atoms with E-state index in [-0.39, 0.29) is 35.5 Å². The standard InChI is InChI=1S/C41H42ClN3O5S/c1-4-31(3)43-41(47)39(27-32-13-7-5-8-14-32)44(28-33-15-11-12-18-38(33)42)40(46)29-45(51(48,49)37-25-19-30(2)20-26-37)34-21-23-36(24-22-34)50-35-16-9-6-10-17-35/h5-26,31,39H,4,27-29H2,1-3H3,(H,43,47). The summed E-state index contributed by atoms with van der Waals surface area (Å²) in [5.41, 5.74) is 2.61. The first-order chi connectivity index (χ1) is 24.5. The number of benzene rings is 5. The third-order valence-electron chi connectivity index (χ3n) is 8.56. The molecule has 51 heavy (non-hydrogen) atoms. The summed E-state index contributed by atoms with van der Waals surface area (Å²) in [5.74, 6) is 0.202. The van der Waals surface area contributed by atoms with Crippen molar-refractivity contribution in [1.29, 1.82) is 0 Å². The van der Waals surface area contributed by atoms with E-state index in [4.69, 9.17) is 16.3 Å². The fourth-order valence-corrected chi connectivity index (χ4v) is 7.09. The van der Waals surface area contributed by atoms with E-state index in [2.05, 4.69) is 5.32 Å². The second-order valence-corrected chi connectivity index (χ2v) is 14.6. The minimum atomic E-state index is -4.26. The summed E-state index contributed by atoms with van der Waals surface area (Å²) >= 11 is 6.61.